The van der Waals surface area contributed by atoms with Crippen LogP contribution in [0.1, 0.15) is 41.7 Å². The Balaban J connectivity index is 1.48. The first-order valence-electron chi connectivity index (χ1n) is 10.1. The Labute approximate surface area is 186 Å². The fraction of sp³-hybridized carbons (Fsp3) is 0.217. The number of benzene rings is 2. The monoisotopic (exact) mass is 477 g/mol. The molecule has 0 aliphatic heterocycles. The molecular weight excluding hydrogens is 458 g/mol. The van der Waals surface area contributed by atoms with Gasteiger partial charge in [0.1, 0.15) is 4.60 Å². The van der Waals surface area contributed by atoms with E-state index >= 15 is 0 Å². The molecule has 0 saturated heterocycles. The van der Waals surface area contributed by atoms with Crippen LogP contribution >= 0.6 is 15.9 Å². The number of aromatic amines is 1. The van der Waals surface area contributed by atoms with Crippen molar-refractivity contribution < 1.29 is 4.79 Å². The summed E-state index contributed by atoms with van der Waals surface area (Å²) in [4.78, 5) is 30.1. The Hall–Kier alpha value is -3.26. The van der Waals surface area contributed by atoms with Crippen LogP contribution in [0.25, 0.3) is 22.0 Å². The van der Waals surface area contributed by atoms with Crippen molar-refractivity contribution in [1.29, 1.82) is 0 Å². The molecule has 2 aromatic carbocycles. The molecule has 2 N–H and O–H groups in total. The van der Waals surface area contributed by atoms with Crippen LogP contribution in [-0.4, -0.2) is 31.7 Å². The number of halogens is 1. The fourth-order valence-corrected chi connectivity index (χ4v) is 4.08. The first-order valence-corrected chi connectivity index (χ1v) is 10.9. The Morgan fingerprint density at radius 2 is 2.10 bits per heavy atom. The van der Waals surface area contributed by atoms with Gasteiger partial charge in [0.15, 0.2) is 0 Å². The predicted octanol–water partition coefficient (Wildman–Crippen LogP) is 4.05. The van der Waals surface area contributed by atoms with Crippen molar-refractivity contribution in [2.24, 2.45) is 0 Å². The van der Waals surface area contributed by atoms with Crippen molar-refractivity contribution in [3.05, 3.63) is 81.1 Å². The second-order valence-electron chi connectivity index (χ2n) is 7.84. The molecule has 1 fully saturated rings. The van der Waals surface area contributed by atoms with E-state index in [0.29, 0.717) is 22.5 Å². The van der Waals surface area contributed by atoms with Gasteiger partial charge in [-0.05, 0) is 71.1 Å². The lowest BCUT2D eigenvalue weighted by Gasteiger charge is -2.17. The minimum absolute atomic E-state index is 0.0709. The van der Waals surface area contributed by atoms with Gasteiger partial charge in [-0.2, -0.15) is 5.10 Å². The molecule has 0 spiro atoms. The largest absolute Gasteiger partial charge is 0.349 e. The van der Waals surface area contributed by atoms with E-state index in [1.165, 1.54) is 0 Å². The lowest BCUT2D eigenvalue weighted by molar-refractivity contribution is 0.0951. The molecule has 31 heavy (non-hydrogen) atoms. The number of carbonyl (C=O) groups is 1. The molecule has 1 atom stereocenters. The molecule has 5 rings (SSSR count). The lowest BCUT2D eigenvalue weighted by Crippen LogP contribution is -2.26. The van der Waals surface area contributed by atoms with E-state index in [9.17, 15) is 9.59 Å². The SMILES string of the molecule is CC(c1cccc(C(=O)NC2CC2)c1)n1cnc2cc(-c3cn[nH]c3Br)ccc2c1=O. The van der Waals surface area contributed by atoms with Crippen LogP contribution in [0.15, 0.2) is 64.4 Å². The van der Waals surface area contributed by atoms with Crippen LogP contribution in [0.3, 0.4) is 0 Å². The number of hydrogen-bond donors (Lipinski definition) is 2. The minimum Gasteiger partial charge on any atom is -0.349 e. The number of hydrogen-bond acceptors (Lipinski definition) is 4. The predicted molar refractivity (Wildman–Crippen MR) is 122 cm³/mol. The molecule has 1 unspecified atom stereocenters. The van der Waals surface area contributed by atoms with Crippen molar-refractivity contribution in [3.63, 3.8) is 0 Å². The maximum Gasteiger partial charge on any atom is 0.261 e. The molecule has 1 aliphatic carbocycles. The van der Waals surface area contributed by atoms with Crippen LogP contribution < -0.4 is 10.9 Å². The zero-order chi connectivity index (χ0) is 21.5. The Kier molecular flexibility index (Phi) is 4.94. The topological polar surface area (TPSA) is 92.7 Å². The second kappa shape index (κ2) is 7.77. The molecule has 156 valence electrons. The third-order valence-corrected chi connectivity index (χ3v) is 6.25. The van der Waals surface area contributed by atoms with E-state index < -0.39 is 0 Å². The highest BCUT2D eigenvalue weighted by Crippen LogP contribution is 2.28. The molecule has 7 nitrogen and oxygen atoms in total. The molecule has 0 radical (unpaired) electrons. The smallest absolute Gasteiger partial charge is 0.261 e. The number of H-pyrrole nitrogens is 1. The summed E-state index contributed by atoms with van der Waals surface area (Å²) in [6.07, 6.45) is 5.37. The summed E-state index contributed by atoms with van der Waals surface area (Å²) in [5, 5.41) is 10.4. The minimum atomic E-state index is -0.263. The summed E-state index contributed by atoms with van der Waals surface area (Å²) in [7, 11) is 0. The highest BCUT2D eigenvalue weighted by Gasteiger charge is 2.24. The quantitative estimate of drug-likeness (QED) is 0.453. The number of nitrogens with one attached hydrogen (secondary N) is 2. The van der Waals surface area contributed by atoms with Gasteiger partial charge in [0.25, 0.3) is 11.5 Å². The van der Waals surface area contributed by atoms with Gasteiger partial charge in [-0.1, -0.05) is 18.2 Å². The van der Waals surface area contributed by atoms with Crippen LogP contribution in [0.2, 0.25) is 0 Å². The standard InChI is InChI=1S/C23H20BrN5O2/c1-13(14-3-2-4-16(9-14)22(30)27-17-6-7-17)29-12-25-20-10-15(5-8-18(20)23(29)31)19-11-26-28-21(19)24/h2-5,8-13,17H,6-7H2,1H3,(H,26,28)(H,27,30). The molecule has 4 aromatic rings. The highest BCUT2D eigenvalue weighted by molar-refractivity contribution is 9.10. The first kappa shape index (κ1) is 19.7. The van der Waals surface area contributed by atoms with E-state index in [1.807, 2.05) is 37.3 Å². The lowest BCUT2D eigenvalue weighted by atomic mass is 10.0. The van der Waals surface area contributed by atoms with Gasteiger partial charge >= 0.3 is 0 Å². The van der Waals surface area contributed by atoms with Crippen LogP contribution in [0, 0.1) is 0 Å². The van der Waals surface area contributed by atoms with Gasteiger partial charge < -0.3 is 5.32 Å². The van der Waals surface area contributed by atoms with E-state index in [-0.39, 0.29) is 17.5 Å². The van der Waals surface area contributed by atoms with E-state index in [1.54, 1.807) is 29.2 Å². The fourth-order valence-electron chi connectivity index (χ4n) is 3.65. The van der Waals surface area contributed by atoms with Crippen molar-refractivity contribution in [2.75, 3.05) is 0 Å². The zero-order valence-electron chi connectivity index (χ0n) is 16.8. The Morgan fingerprint density at radius 3 is 2.84 bits per heavy atom. The Morgan fingerprint density at radius 1 is 1.26 bits per heavy atom. The number of aromatic nitrogens is 4. The normalized spacial score (nSPS) is 14.5. The third-order valence-electron chi connectivity index (χ3n) is 5.65. The average molecular weight is 478 g/mol. The number of nitrogens with zero attached hydrogens (tertiary/aromatic N) is 3. The third kappa shape index (κ3) is 3.79. The van der Waals surface area contributed by atoms with Crippen LogP contribution in [0.5, 0.6) is 0 Å². The first-order chi connectivity index (χ1) is 15.0. The Bertz CT molecular complexity index is 1360. The average Bonchev–Trinajstić information content (AvgIpc) is 3.50. The molecule has 2 aromatic heterocycles. The van der Waals surface area contributed by atoms with Gasteiger partial charge in [-0.15, -0.1) is 0 Å². The van der Waals surface area contributed by atoms with Crippen molar-refractivity contribution in [3.8, 4) is 11.1 Å². The molecule has 1 aliphatic rings. The van der Waals surface area contributed by atoms with Crippen LogP contribution in [0.4, 0.5) is 0 Å². The molecule has 0 bridgehead atoms. The number of carbonyl (C=O) groups excluding carboxylic acids is 1. The summed E-state index contributed by atoms with van der Waals surface area (Å²) in [5.41, 5.74) is 3.81. The second-order valence-corrected chi connectivity index (χ2v) is 8.63. The van der Waals surface area contributed by atoms with Crippen molar-refractivity contribution in [1.82, 2.24) is 25.1 Å². The summed E-state index contributed by atoms with van der Waals surface area (Å²) < 4.78 is 2.38. The van der Waals surface area contributed by atoms with Gasteiger partial charge in [-0.3, -0.25) is 19.3 Å². The van der Waals surface area contributed by atoms with E-state index in [0.717, 1.165) is 34.1 Å². The van der Waals surface area contributed by atoms with E-state index in [2.05, 4.69) is 36.4 Å². The van der Waals surface area contributed by atoms with Gasteiger partial charge in [0, 0.05) is 17.2 Å². The van der Waals surface area contributed by atoms with Crippen molar-refractivity contribution in [2.45, 2.75) is 31.8 Å². The summed E-state index contributed by atoms with van der Waals surface area (Å²) in [6.45, 7) is 1.93. The summed E-state index contributed by atoms with van der Waals surface area (Å²) in [5.74, 6) is -0.0709. The van der Waals surface area contributed by atoms with E-state index in [4.69, 9.17) is 0 Å². The number of fused-ring (bicyclic) bond motifs is 1. The van der Waals surface area contributed by atoms with Gasteiger partial charge in [0.05, 0.1) is 29.5 Å². The summed E-state index contributed by atoms with van der Waals surface area (Å²) >= 11 is 3.44. The summed E-state index contributed by atoms with van der Waals surface area (Å²) in [6, 6.07) is 13.0. The molecule has 1 amide bonds. The van der Waals surface area contributed by atoms with Gasteiger partial charge in [-0.25, -0.2) is 4.98 Å². The maximum atomic E-state index is 13.2. The maximum absolute atomic E-state index is 13.2. The highest BCUT2D eigenvalue weighted by atomic mass is 79.9. The van der Waals surface area contributed by atoms with Crippen LogP contribution in [-0.2, 0) is 0 Å². The van der Waals surface area contributed by atoms with Crippen molar-refractivity contribution >= 4 is 32.7 Å². The molecule has 8 heteroatoms. The zero-order valence-corrected chi connectivity index (χ0v) is 18.4. The van der Waals surface area contributed by atoms with Gasteiger partial charge in [0.2, 0.25) is 0 Å². The molecule has 2 heterocycles. The molecule has 1 saturated carbocycles. The number of amides is 1. The number of rotatable bonds is 5. The molecular formula is C23H20BrN5O2.